The van der Waals surface area contributed by atoms with Crippen molar-refractivity contribution in [2.24, 2.45) is 0 Å². The van der Waals surface area contributed by atoms with E-state index in [0.717, 1.165) is 12.8 Å². The van der Waals surface area contributed by atoms with Gasteiger partial charge in [-0.3, -0.25) is 5.10 Å². The lowest BCUT2D eigenvalue weighted by Crippen LogP contribution is -2.44. The summed E-state index contributed by atoms with van der Waals surface area (Å²) in [6, 6.07) is 4.09. The maximum atomic E-state index is 12.7. The Bertz CT molecular complexity index is 740. The highest BCUT2D eigenvalue weighted by Gasteiger charge is 2.37. The van der Waals surface area contributed by atoms with E-state index in [0.29, 0.717) is 31.1 Å². The third-order valence-corrected chi connectivity index (χ3v) is 7.20. The van der Waals surface area contributed by atoms with Crippen molar-refractivity contribution in [3.05, 3.63) is 33.8 Å². The molecule has 23 heavy (non-hydrogen) atoms. The minimum absolute atomic E-state index is 0.189. The van der Waals surface area contributed by atoms with Gasteiger partial charge in [0.1, 0.15) is 4.90 Å². The molecule has 0 amide bonds. The quantitative estimate of drug-likeness (QED) is 0.860. The van der Waals surface area contributed by atoms with Crippen molar-refractivity contribution >= 4 is 21.4 Å². The fourth-order valence-electron chi connectivity index (χ4n) is 3.09. The van der Waals surface area contributed by atoms with Gasteiger partial charge in [0.15, 0.2) is 0 Å². The number of H-pyrrole nitrogens is 1. The number of hydrogen-bond acceptors (Lipinski definition) is 5. The van der Waals surface area contributed by atoms with Crippen LogP contribution in [-0.2, 0) is 20.2 Å². The first-order chi connectivity index (χ1) is 10.9. The van der Waals surface area contributed by atoms with Gasteiger partial charge < -0.3 is 4.74 Å². The van der Waals surface area contributed by atoms with Crippen LogP contribution in [0.5, 0.6) is 0 Å². The topological polar surface area (TPSA) is 84.1 Å². The van der Waals surface area contributed by atoms with Crippen LogP contribution in [0.3, 0.4) is 0 Å². The fourth-order valence-corrected chi connectivity index (χ4v) is 5.58. The van der Waals surface area contributed by atoms with E-state index in [4.69, 9.17) is 4.74 Å². The largest absolute Gasteiger partial charge is 0.381 e. The molecule has 2 aromatic heterocycles. The van der Waals surface area contributed by atoms with Crippen LogP contribution in [0.1, 0.15) is 29.1 Å². The van der Waals surface area contributed by atoms with E-state index in [-0.39, 0.29) is 10.3 Å². The molecule has 3 heterocycles. The van der Waals surface area contributed by atoms with Gasteiger partial charge in [-0.25, -0.2) is 13.1 Å². The molecule has 2 N–H and O–H groups in total. The molecule has 0 aromatic carbocycles. The van der Waals surface area contributed by atoms with Gasteiger partial charge in [0, 0.05) is 30.1 Å². The zero-order chi connectivity index (χ0) is 16.5. The lowest BCUT2D eigenvalue weighted by Gasteiger charge is -2.36. The number of thiophene rings is 1. The van der Waals surface area contributed by atoms with E-state index in [1.165, 1.54) is 4.88 Å². The lowest BCUT2D eigenvalue weighted by molar-refractivity contribution is 0.0529. The van der Waals surface area contributed by atoms with Crippen molar-refractivity contribution in [1.82, 2.24) is 14.9 Å². The predicted molar refractivity (Wildman–Crippen MR) is 89.3 cm³/mol. The first-order valence-electron chi connectivity index (χ1n) is 7.58. The van der Waals surface area contributed by atoms with Crippen LogP contribution >= 0.6 is 11.3 Å². The van der Waals surface area contributed by atoms with Gasteiger partial charge in [-0.05, 0) is 38.1 Å². The van der Waals surface area contributed by atoms with Gasteiger partial charge in [0.2, 0.25) is 10.0 Å². The normalized spacial score (nSPS) is 18.2. The molecule has 0 radical (unpaired) electrons. The van der Waals surface area contributed by atoms with Gasteiger partial charge in [-0.15, -0.1) is 11.3 Å². The number of nitrogens with one attached hydrogen (secondary N) is 2. The lowest BCUT2D eigenvalue weighted by atomic mass is 9.79. The first-order valence-corrected chi connectivity index (χ1v) is 9.94. The monoisotopic (exact) mass is 355 g/mol. The van der Waals surface area contributed by atoms with E-state index in [2.05, 4.69) is 21.0 Å². The van der Waals surface area contributed by atoms with Crippen LogP contribution < -0.4 is 4.72 Å². The summed E-state index contributed by atoms with van der Waals surface area (Å²) in [5.41, 5.74) is 0.865. The highest BCUT2D eigenvalue weighted by molar-refractivity contribution is 7.89. The van der Waals surface area contributed by atoms with E-state index in [1.54, 1.807) is 25.2 Å². The Morgan fingerprint density at radius 1 is 1.39 bits per heavy atom. The molecule has 2 aromatic rings. The van der Waals surface area contributed by atoms with Crippen LogP contribution in [-0.4, -0.2) is 38.4 Å². The molecule has 1 aliphatic rings. The second-order valence-electron chi connectivity index (χ2n) is 5.96. The number of aromatic amines is 1. The van der Waals surface area contributed by atoms with Crippen LogP contribution in [0.15, 0.2) is 22.4 Å². The molecule has 0 saturated carbocycles. The average molecular weight is 355 g/mol. The number of aryl methyl sites for hydroxylation is 2. The molecule has 8 heteroatoms. The van der Waals surface area contributed by atoms with Gasteiger partial charge in [0.25, 0.3) is 0 Å². The summed E-state index contributed by atoms with van der Waals surface area (Å²) >= 11 is 1.67. The summed E-state index contributed by atoms with van der Waals surface area (Å²) in [5.74, 6) is 0. The summed E-state index contributed by atoms with van der Waals surface area (Å²) in [7, 11) is -3.59. The van der Waals surface area contributed by atoms with Crippen molar-refractivity contribution < 1.29 is 13.2 Å². The third kappa shape index (κ3) is 3.21. The molecule has 1 fully saturated rings. The van der Waals surface area contributed by atoms with E-state index >= 15 is 0 Å². The minimum atomic E-state index is -3.59. The summed E-state index contributed by atoms with van der Waals surface area (Å²) in [4.78, 5) is 1.47. The van der Waals surface area contributed by atoms with Gasteiger partial charge in [0.05, 0.1) is 11.4 Å². The number of hydrogen-bond donors (Lipinski definition) is 2. The van der Waals surface area contributed by atoms with Crippen LogP contribution in [0, 0.1) is 13.8 Å². The maximum absolute atomic E-state index is 12.7. The Labute approximate surface area is 140 Å². The summed E-state index contributed by atoms with van der Waals surface area (Å²) in [6.07, 6.45) is 1.64. The van der Waals surface area contributed by atoms with Crippen molar-refractivity contribution in [2.45, 2.75) is 37.0 Å². The van der Waals surface area contributed by atoms with Crippen molar-refractivity contribution in [2.75, 3.05) is 19.8 Å². The second-order valence-corrected chi connectivity index (χ2v) is 8.61. The zero-order valence-corrected chi connectivity index (χ0v) is 14.9. The van der Waals surface area contributed by atoms with Crippen molar-refractivity contribution in [3.8, 4) is 0 Å². The second kappa shape index (κ2) is 6.35. The van der Waals surface area contributed by atoms with E-state index in [9.17, 15) is 8.42 Å². The summed E-state index contributed by atoms with van der Waals surface area (Å²) < 4.78 is 33.7. The van der Waals surface area contributed by atoms with Crippen molar-refractivity contribution in [3.63, 3.8) is 0 Å². The number of rotatable bonds is 5. The molecule has 0 spiro atoms. The number of nitrogens with zero attached hydrogens (tertiary/aromatic N) is 1. The molecule has 0 unspecified atom stereocenters. The molecule has 0 atom stereocenters. The SMILES string of the molecule is Cc1n[nH]c(C)c1S(=O)(=O)NCC1(c2cccs2)CCOCC1. The smallest absolute Gasteiger partial charge is 0.244 e. The zero-order valence-electron chi connectivity index (χ0n) is 13.3. The summed E-state index contributed by atoms with van der Waals surface area (Å²) in [5, 5.41) is 8.75. The summed E-state index contributed by atoms with van der Waals surface area (Å²) in [6.45, 7) is 5.11. The minimum Gasteiger partial charge on any atom is -0.381 e. The number of sulfonamides is 1. The Kier molecular flexibility index (Phi) is 4.59. The van der Waals surface area contributed by atoms with Crippen LogP contribution in [0.4, 0.5) is 0 Å². The van der Waals surface area contributed by atoms with Crippen LogP contribution in [0.25, 0.3) is 0 Å². The fraction of sp³-hybridized carbons (Fsp3) is 0.533. The molecular formula is C15H21N3O3S2. The molecule has 6 nitrogen and oxygen atoms in total. The molecular weight excluding hydrogens is 334 g/mol. The third-order valence-electron chi connectivity index (χ3n) is 4.42. The Morgan fingerprint density at radius 3 is 2.70 bits per heavy atom. The van der Waals surface area contributed by atoms with Crippen LogP contribution in [0.2, 0.25) is 0 Å². The van der Waals surface area contributed by atoms with Crippen molar-refractivity contribution in [1.29, 1.82) is 0 Å². The predicted octanol–water partition coefficient (Wildman–Crippen LogP) is 2.11. The highest BCUT2D eigenvalue weighted by Crippen LogP contribution is 2.37. The first kappa shape index (κ1) is 16.6. The Balaban J connectivity index is 1.85. The van der Waals surface area contributed by atoms with Gasteiger partial charge in [-0.2, -0.15) is 5.10 Å². The standard InChI is InChI=1S/C15H21N3O3S2/c1-11-14(12(2)18-17-11)23(19,20)16-10-15(5-7-21-8-6-15)13-4-3-9-22-13/h3-4,9,16H,5-8,10H2,1-2H3,(H,17,18). The van der Waals surface area contributed by atoms with Gasteiger partial charge in [-0.1, -0.05) is 6.07 Å². The molecule has 1 saturated heterocycles. The maximum Gasteiger partial charge on any atom is 0.244 e. The highest BCUT2D eigenvalue weighted by atomic mass is 32.2. The molecule has 3 rings (SSSR count). The van der Waals surface area contributed by atoms with Gasteiger partial charge >= 0.3 is 0 Å². The Hall–Kier alpha value is -1.22. The molecule has 0 aliphatic carbocycles. The molecule has 1 aliphatic heterocycles. The van der Waals surface area contributed by atoms with E-state index < -0.39 is 10.0 Å². The van der Waals surface area contributed by atoms with E-state index in [1.807, 2.05) is 11.4 Å². The molecule has 126 valence electrons. The Morgan fingerprint density at radius 2 is 2.13 bits per heavy atom. The average Bonchev–Trinajstić information content (AvgIpc) is 3.17. The molecule has 0 bridgehead atoms. The number of aromatic nitrogens is 2. The number of ether oxygens (including phenoxy) is 1.